The monoisotopic (exact) mass is 163 g/mol. The first kappa shape index (κ1) is 9.29. The van der Waals surface area contributed by atoms with E-state index in [9.17, 15) is 9.59 Å². The first-order valence-corrected chi connectivity index (χ1v) is 3.81. The molecule has 0 aliphatic rings. The Morgan fingerprint density at radius 1 is 1.90 bits per heavy atom. The molecule has 0 radical (unpaired) electrons. The van der Waals surface area contributed by atoms with Gasteiger partial charge in [-0.25, -0.2) is 4.79 Å². The number of carbonyl (C=O) groups excluding carboxylic acids is 1. The van der Waals surface area contributed by atoms with Crippen molar-refractivity contribution in [2.75, 3.05) is 5.75 Å². The predicted molar refractivity (Wildman–Crippen MR) is 38.8 cm³/mol. The molecule has 0 aromatic carbocycles. The number of thioether (sulfide) groups is 1. The van der Waals surface area contributed by atoms with Crippen molar-refractivity contribution in [3.8, 4) is 0 Å². The van der Waals surface area contributed by atoms with Gasteiger partial charge < -0.3 is 10.4 Å². The van der Waals surface area contributed by atoms with Gasteiger partial charge in [0.05, 0.1) is 0 Å². The molecular weight excluding hydrogens is 154 g/mol. The molecule has 0 saturated carbocycles. The smallest absolute Gasteiger partial charge is 0.336 e. The molecule has 0 aliphatic carbocycles. The van der Waals surface area contributed by atoms with Gasteiger partial charge in [-0.2, -0.15) is 0 Å². The molecule has 0 rings (SSSR count). The highest BCUT2D eigenvalue weighted by Gasteiger charge is 2.14. The number of aliphatic carboxylic acids is 1. The van der Waals surface area contributed by atoms with E-state index in [1.165, 1.54) is 11.8 Å². The number of carboxylic acids is 1. The van der Waals surface area contributed by atoms with Crippen LogP contribution in [0.25, 0.3) is 0 Å². The molecule has 0 bridgehead atoms. The molecule has 0 aliphatic heterocycles. The summed E-state index contributed by atoms with van der Waals surface area (Å²) in [5.74, 6) is -0.350. The second-order valence-corrected chi connectivity index (χ2v) is 2.84. The van der Waals surface area contributed by atoms with Gasteiger partial charge in [-0.15, -0.1) is 11.8 Å². The molecule has 5 heteroatoms. The van der Waals surface area contributed by atoms with Crippen LogP contribution < -0.4 is 5.32 Å². The highest BCUT2D eigenvalue weighted by molar-refractivity contribution is 8.00. The van der Waals surface area contributed by atoms with E-state index >= 15 is 0 Å². The number of carbonyl (C=O) groups is 2. The molecule has 1 atom stereocenters. The van der Waals surface area contributed by atoms with Gasteiger partial charge in [0.25, 0.3) is 0 Å². The van der Waals surface area contributed by atoms with Crippen LogP contribution in [0.5, 0.6) is 0 Å². The highest BCUT2D eigenvalue weighted by Crippen LogP contribution is 2.05. The molecule has 0 heterocycles. The fourth-order valence-corrected chi connectivity index (χ4v) is 1.05. The van der Waals surface area contributed by atoms with E-state index in [0.717, 1.165) is 0 Å². The first-order valence-electron chi connectivity index (χ1n) is 2.76. The Kier molecular flexibility index (Phi) is 4.74. The van der Waals surface area contributed by atoms with Crippen LogP contribution in [0.1, 0.15) is 6.92 Å². The Morgan fingerprint density at radius 3 is 2.80 bits per heavy atom. The number of carboxylic acid groups (broad SMARTS) is 1. The number of hydrogen-bond donors (Lipinski definition) is 2. The van der Waals surface area contributed by atoms with E-state index < -0.39 is 11.3 Å². The molecule has 10 heavy (non-hydrogen) atoms. The van der Waals surface area contributed by atoms with E-state index in [1.54, 1.807) is 0 Å². The zero-order chi connectivity index (χ0) is 7.98. The summed E-state index contributed by atoms with van der Waals surface area (Å²) in [6.07, 6.45) is 0.390. The van der Waals surface area contributed by atoms with Gasteiger partial charge in [-0.1, -0.05) is 6.92 Å². The molecule has 0 fully saturated rings. The zero-order valence-corrected chi connectivity index (χ0v) is 6.35. The van der Waals surface area contributed by atoms with Gasteiger partial charge in [-0.3, -0.25) is 4.79 Å². The van der Waals surface area contributed by atoms with Crippen LogP contribution in [-0.4, -0.2) is 28.6 Å². The minimum Gasteiger partial charge on any atom is -0.479 e. The van der Waals surface area contributed by atoms with Crippen molar-refractivity contribution in [3.05, 3.63) is 0 Å². The highest BCUT2D eigenvalue weighted by atomic mass is 32.2. The van der Waals surface area contributed by atoms with Crippen molar-refractivity contribution >= 4 is 24.1 Å². The van der Waals surface area contributed by atoms with Gasteiger partial charge in [0, 0.05) is 0 Å². The number of nitrogens with one attached hydrogen (secondary N) is 1. The first-order chi connectivity index (χ1) is 4.72. The van der Waals surface area contributed by atoms with Crippen LogP contribution >= 0.6 is 11.8 Å². The predicted octanol–water partition coefficient (Wildman–Crippen LogP) is -0.104. The van der Waals surface area contributed by atoms with Crippen molar-refractivity contribution in [1.82, 2.24) is 5.32 Å². The molecule has 58 valence electrons. The molecule has 2 N–H and O–H groups in total. The van der Waals surface area contributed by atoms with Gasteiger partial charge in [0.2, 0.25) is 6.41 Å². The van der Waals surface area contributed by atoms with E-state index in [2.05, 4.69) is 5.32 Å². The lowest BCUT2D eigenvalue weighted by Crippen LogP contribution is -2.32. The van der Waals surface area contributed by atoms with Crippen molar-refractivity contribution in [1.29, 1.82) is 0 Å². The van der Waals surface area contributed by atoms with Crippen molar-refractivity contribution in [2.45, 2.75) is 12.3 Å². The number of rotatable bonds is 5. The molecule has 4 nitrogen and oxygen atoms in total. The quantitative estimate of drug-likeness (QED) is 0.438. The molecule has 1 unspecified atom stereocenters. The van der Waals surface area contributed by atoms with E-state index in [-0.39, 0.29) is 0 Å². The fraction of sp³-hybridized carbons (Fsp3) is 0.600. The third-order valence-corrected chi connectivity index (χ3v) is 1.78. The lowest BCUT2D eigenvalue weighted by molar-refractivity contribution is -0.137. The minimum atomic E-state index is -1.01. The van der Waals surface area contributed by atoms with E-state index in [4.69, 9.17) is 5.11 Å². The Bertz CT molecular complexity index is 128. The van der Waals surface area contributed by atoms with Crippen LogP contribution in [0.15, 0.2) is 0 Å². The summed E-state index contributed by atoms with van der Waals surface area (Å²) in [6.45, 7) is 1.83. The van der Waals surface area contributed by atoms with E-state index in [0.29, 0.717) is 12.2 Å². The topological polar surface area (TPSA) is 66.4 Å². The molecule has 0 spiro atoms. The average Bonchev–Trinajstić information content (AvgIpc) is 1.87. The summed E-state index contributed by atoms with van der Waals surface area (Å²) in [4.78, 5) is 20.0. The maximum Gasteiger partial charge on any atom is 0.336 e. The second-order valence-electron chi connectivity index (χ2n) is 1.46. The summed E-state index contributed by atoms with van der Waals surface area (Å²) < 4.78 is 0. The maximum absolute atomic E-state index is 10.2. The lowest BCUT2D eigenvalue weighted by atomic mass is 10.6. The maximum atomic E-state index is 10.2. The average molecular weight is 163 g/mol. The van der Waals surface area contributed by atoms with Crippen molar-refractivity contribution in [3.63, 3.8) is 0 Å². The molecule has 0 saturated heterocycles. The SMILES string of the molecule is CCSC(NC=O)C(=O)O. The minimum absolute atomic E-state index is 0.390. The summed E-state index contributed by atoms with van der Waals surface area (Å²) in [5, 5.41) is 9.76. The van der Waals surface area contributed by atoms with Crippen LogP contribution in [0.2, 0.25) is 0 Å². The standard InChI is InChI=1S/C5H9NO3S/c1-2-10-4(5(8)9)6-3-7/h3-4H,2H2,1H3,(H,6,7)(H,8,9). The number of amides is 1. The Morgan fingerprint density at radius 2 is 2.50 bits per heavy atom. The summed E-state index contributed by atoms with van der Waals surface area (Å²) in [5.41, 5.74) is 0. The van der Waals surface area contributed by atoms with Crippen molar-refractivity contribution < 1.29 is 14.7 Å². The Hall–Kier alpha value is -0.710. The molecule has 1 amide bonds. The van der Waals surface area contributed by atoms with Gasteiger partial charge in [0.1, 0.15) is 0 Å². The summed E-state index contributed by atoms with van der Waals surface area (Å²) in [6, 6.07) is 0. The normalized spacial score (nSPS) is 12.1. The third kappa shape index (κ3) is 3.34. The van der Waals surface area contributed by atoms with E-state index in [1.807, 2.05) is 6.92 Å². The fourth-order valence-electron chi connectivity index (χ4n) is 0.419. The lowest BCUT2D eigenvalue weighted by Gasteiger charge is -2.07. The van der Waals surface area contributed by atoms with Crippen LogP contribution in [0.3, 0.4) is 0 Å². The molecule has 0 aromatic heterocycles. The summed E-state index contributed by atoms with van der Waals surface area (Å²) in [7, 11) is 0. The molecule has 0 aromatic rings. The molecular formula is C5H9NO3S. The van der Waals surface area contributed by atoms with Crippen LogP contribution in [-0.2, 0) is 9.59 Å². The van der Waals surface area contributed by atoms with Gasteiger partial charge in [-0.05, 0) is 5.75 Å². The third-order valence-electron chi connectivity index (χ3n) is 0.777. The van der Waals surface area contributed by atoms with Crippen LogP contribution in [0, 0.1) is 0 Å². The Labute approximate surface area is 63.0 Å². The summed E-state index contributed by atoms with van der Waals surface area (Å²) >= 11 is 1.17. The second kappa shape index (κ2) is 5.10. The Balaban J connectivity index is 3.71. The van der Waals surface area contributed by atoms with Gasteiger partial charge >= 0.3 is 5.97 Å². The van der Waals surface area contributed by atoms with Crippen LogP contribution in [0.4, 0.5) is 0 Å². The number of hydrogen-bond acceptors (Lipinski definition) is 3. The van der Waals surface area contributed by atoms with Crippen molar-refractivity contribution in [2.24, 2.45) is 0 Å². The zero-order valence-electron chi connectivity index (χ0n) is 5.53. The largest absolute Gasteiger partial charge is 0.479 e. The van der Waals surface area contributed by atoms with Gasteiger partial charge in [0.15, 0.2) is 5.37 Å².